The van der Waals surface area contributed by atoms with Crippen LogP contribution in [0.15, 0.2) is 18.2 Å². The molecule has 0 radical (unpaired) electrons. The minimum absolute atomic E-state index is 0.0275. The van der Waals surface area contributed by atoms with E-state index in [4.69, 9.17) is 9.47 Å². The molecule has 3 rings (SSSR count). The van der Waals surface area contributed by atoms with Gasteiger partial charge in [0, 0.05) is 45.0 Å². The molecule has 6 heteroatoms. The van der Waals surface area contributed by atoms with Crippen molar-refractivity contribution in [2.75, 3.05) is 51.3 Å². The van der Waals surface area contributed by atoms with E-state index in [9.17, 15) is 4.79 Å². The van der Waals surface area contributed by atoms with Gasteiger partial charge in [-0.2, -0.15) is 0 Å². The van der Waals surface area contributed by atoms with Gasteiger partial charge in [-0.3, -0.25) is 4.90 Å². The molecule has 1 unspecified atom stereocenters. The number of rotatable bonds is 5. The zero-order valence-electron chi connectivity index (χ0n) is 15.3. The normalized spacial score (nSPS) is 21.4. The van der Waals surface area contributed by atoms with Crippen LogP contribution in [0.25, 0.3) is 0 Å². The van der Waals surface area contributed by atoms with Crippen LogP contribution in [0.4, 0.5) is 10.5 Å². The van der Waals surface area contributed by atoms with Gasteiger partial charge in [0.05, 0.1) is 12.7 Å². The summed E-state index contributed by atoms with van der Waals surface area (Å²) in [6.45, 7) is 9.83. The Kier molecular flexibility index (Phi) is 6.15. The Bertz CT molecular complexity index is 579. The molecule has 0 aliphatic carbocycles. The number of hydrogen-bond acceptors (Lipinski definition) is 4. The maximum absolute atomic E-state index is 12.5. The number of carbonyl (C=O) groups is 1. The first-order chi connectivity index (χ1) is 12.2. The lowest BCUT2D eigenvalue weighted by Gasteiger charge is -2.35. The van der Waals surface area contributed by atoms with Crippen molar-refractivity contribution in [1.82, 2.24) is 9.80 Å². The number of benzene rings is 1. The summed E-state index contributed by atoms with van der Waals surface area (Å²) in [5, 5.41) is 3.00. The predicted octanol–water partition coefficient (Wildman–Crippen LogP) is 2.72. The lowest BCUT2D eigenvalue weighted by Crippen LogP contribution is -2.51. The van der Waals surface area contributed by atoms with Crippen LogP contribution in [0.3, 0.4) is 0 Å². The second-order valence-corrected chi connectivity index (χ2v) is 6.77. The van der Waals surface area contributed by atoms with E-state index in [1.165, 1.54) is 6.42 Å². The average molecular weight is 347 g/mol. The van der Waals surface area contributed by atoms with E-state index in [0.717, 1.165) is 62.8 Å². The lowest BCUT2D eigenvalue weighted by molar-refractivity contribution is 0.0572. The molecule has 0 saturated carbocycles. The smallest absolute Gasteiger partial charge is 0.321 e. The third-order valence-electron chi connectivity index (χ3n) is 4.87. The Morgan fingerprint density at radius 2 is 2.12 bits per heavy atom. The molecule has 2 heterocycles. The molecule has 2 saturated heterocycles. The molecule has 6 nitrogen and oxygen atoms in total. The Hall–Kier alpha value is -1.79. The highest BCUT2D eigenvalue weighted by Gasteiger charge is 2.24. The third kappa shape index (κ3) is 4.86. The Labute approximate surface area is 150 Å². The second kappa shape index (κ2) is 8.54. The quantitative estimate of drug-likeness (QED) is 0.890. The zero-order chi connectivity index (χ0) is 17.6. The Morgan fingerprint density at radius 1 is 1.32 bits per heavy atom. The van der Waals surface area contributed by atoms with E-state index >= 15 is 0 Å². The molecule has 1 aromatic carbocycles. The fraction of sp³-hybridized carbons (Fsp3) is 0.632. The van der Waals surface area contributed by atoms with Crippen molar-refractivity contribution in [3.8, 4) is 5.75 Å². The van der Waals surface area contributed by atoms with Gasteiger partial charge in [-0.1, -0.05) is 0 Å². The summed E-state index contributed by atoms with van der Waals surface area (Å²) in [5.74, 6) is 0.864. The maximum Gasteiger partial charge on any atom is 0.321 e. The molecule has 1 atom stereocenters. The van der Waals surface area contributed by atoms with E-state index < -0.39 is 0 Å². The second-order valence-electron chi connectivity index (χ2n) is 6.77. The van der Waals surface area contributed by atoms with Crippen molar-refractivity contribution >= 4 is 11.7 Å². The summed E-state index contributed by atoms with van der Waals surface area (Å²) < 4.78 is 11.2. The largest absolute Gasteiger partial charge is 0.494 e. The Balaban J connectivity index is 1.46. The van der Waals surface area contributed by atoms with Crippen LogP contribution in [0.5, 0.6) is 5.75 Å². The van der Waals surface area contributed by atoms with Crippen molar-refractivity contribution in [1.29, 1.82) is 0 Å². The first kappa shape index (κ1) is 18.0. The predicted molar refractivity (Wildman–Crippen MR) is 98.4 cm³/mol. The van der Waals surface area contributed by atoms with Gasteiger partial charge in [0.2, 0.25) is 0 Å². The van der Waals surface area contributed by atoms with Crippen LogP contribution in [-0.2, 0) is 4.74 Å². The highest BCUT2D eigenvalue weighted by molar-refractivity contribution is 5.89. The zero-order valence-corrected chi connectivity index (χ0v) is 15.3. The summed E-state index contributed by atoms with van der Waals surface area (Å²) >= 11 is 0. The summed E-state index contributed by atoms with van der Waals surface area (Å²) in [7, 11) is 0. The van der Waals surface area contributed by atoms with Crippen LogP contribution >= 0.6 is 0 Å². The van der Waals surface area contributed by atoms with Crippen molar-refractivity contribution < 1.29 is 14.3 Å². The van der Waals surface area contributed by atoms with Gasteiger partial charge in [-0.25, -0.2) is 4.79 Å². The molecule has 25 heavy (non-hydrogen) atoms. The van der Waals surface area contributed by atoms with Crippen LogP contribution in [0.1, 0.15) is 25.3 Å². The molecule has 2 aliphatic heterocycles. The summed E-state index contributed by atoms with van der Waals surface area (Å²) in [6, 6.07) is 5.73. The number of amides is 2. The standard InChI is InChI=1S/C19H29N3O3/c1-3-24-18-7-6-16(13-15(18)2)20-19(23)22-10-8-21(9-11-22)14-17-5-4-12-25-17/h6-7,13,17H,3-5,8-12,14H2,1-2H3,(H,20,23). The number of nitrogens with zero attached hydrogens (tertiary/aromatic N) is 2. The minimum atomic E-state index is -0.0275. The molecule has 0 spiro atoms. The minimum Gasteiger partial charge on any atom is -0.494 e. The highest BCUT2D eigenvalue weighted by Crippen LogP contribution is 2.22. The monoisotopic (exact) mass is 347 g/mol. The van der Waals surface area contributed by atoms with Gasteiger partial charge in [0.15, 0.2) is 0 Å². The van der Waals surface area contributed by atoms with E-state index in [1.54, 1.807) is 0 Å². The first-order valence-electron chi connectivity index (χ1n) is 9.29. The third-order valence-corrected chi connectivity index (χ3v) is 4.87. The Morgan fingerprint density at radius 3 is 2.76 bits per heavy atom. The van der Waals surface area contributed by atoms with Gasteiger partial charge in [0.1, 0.15) is 5.75 Å². The fourth-order valence-electron chi connectivity index (χ4n) is 3.46. The van der Waals surface area contributed by atoms with E-state index in [2.05, 4.69) is 10.2 Å². The summed E-state index contributed by atoms with van der Waals surface area (Å²) in [4.78, 5) is 16.8. The number of nitrogens with one attached hydrogen (secondary N) is 1. The van der Waals surface area contributed by atoms with E-state index in [0.29, 0.717) is 12.7 Å². The van der Waals surface area contributed by atoms with Crippen LogP contribution < -0.4 is 10.1 Å². The molecule has 2 aliphatic rings. The van der Waals surface area contributed by atoms with Crippen molar-refractivity contribution in [2.24, 2.45) is 0 Å². The van der Waals surface area contributed by atoms with Gasteiger partial charge in [-0.15, -0.1) is 0 Å². The number of urea groups is 1. The number of hydrogen-bond donors (Lipinski definition) is 1. The molecule has 0 bridgehead atoms. The van der Waals surface area contributed by atoms with E-state index in [-0.39, 0.29) is 6.03 Å². The summed E-state index contributed by atoms with van der Waals surface area (Å²) in [6.07, 6.45) is 2.72. The fourth-order valence-corrected chi connectivity index (χ4v) is 3.46. The molecule has 1 N–H and O–H groups in total. The molecular weight excluding hydrogens is 318 g/mol. The van der Waals surface area contributed by atoms with Gasteiger partial charge >= 0.3 is 6.03 Å². The SMILES string of the molecule is CCOc1ccc(NC(=O)N2CCN(CC3CCCO3)CC2)cc1C. The van der Waals surface area contributed by atoms with Crippen molar-refractivity contribution in [3.05, 3.63) is 23.8 Å². The number of anilines is 1. The topological polar surface area (TPSA) is 54.0 Å². The van der Waals surface area contributed by atoms with Gasteiger partial charge in [0.25, 0.3) is 0 Å². The maximum atomic E-state index is 12.5. The first-order valence-corrected chi connectivity index (χ1v) is 9.29. The number of carbonyl (C=O) groups excluding carboxylic acids is 1. The lowest BCUT2D eigenvalue weighted by atomic mass is 10.2. The highest BCUT2D eigenvalue weighted by atomic mass is 16.5. The molecule has 2 amide bonds. The van der Waals surface area contributed by atoms with E-state index in [1.807, 2.05) is 36.9 Å². The number of ether oxygens (including phenoxy) is 2. The van der Waals surface area contributed by atoms with Crippen LogP contribution in [0.2, 0.25) is 0 Å². The molecule has 2 fully saturated rings. The van der Waals surface area contributed by atoms with Crippen LogP contribution in [0, 0.1) is 6.92 Å². The molecular formula is C19H29N3O3. The summed E-state index contributed by atoms with van der Waals surface area (Å²) in [5.41, 5.74) is 1.84. The van der Waals surface area contributed by atoms with Gasteiger partial charge in [-0.05, 0) is 50.5 Å². The molecule has 138 valence electrons. The number of aryl methyl sites for hydroxylation is 1. The molecule has 1 aromatic rings. The van der Waals surface area contributed by atoms with Crippen molar-refractivity contribution in [3.63, 3.8) is 0 Å². The van der Waals surface area contributed by atoms with Crippen LogP contribution in [-0.4, -0.2) is 67.9 Å². The van der Waals surface area contributed by atoms with Crippen molar-refractivity contribution in [2.45, 2.75) is 32.8 Å². The van der Waals surface area contributed by atoms with Gasteiger partial charge < -0.3 is 19.7 Å². The average Bonchev–Trinajstić information content (AvgIpc) is 3.11. The number of piperazine rings is 1. The molecule has 0 aromatic heterocycles.